The van der Waals surface area contributed by atoms with E-state index in [-0.39, 0.29) is 6.10 Å². The Hall–Kier alpha value is -0.650. The molecule has 0 aliphatic carbocycles. The lowest BCUT2D eigenvalue weighted by molar-refractivity contribution is -0.119. The van der Waals surface area contributed by atoms with E-state index < -0.39 is 0 Å². The number of amides is 1. The number of piperazine rings is 1. The molecule has 5 heteroatoms. The van der Waals surface area contributed by atoms with Crippen LogP contribution in [0.1, 0.15) is 19.3 Å². The summed E-state index contributed by atoms with van der Waals surface area (Å²) in [4.78, 5) is 17.0. The Morgan fingerprint density at radius 2 is 1.44 bits per heavy atom. The van der Waals surface area contributed by atoms with E-state index >= 15 is 0 Å². The highest BCUT2D eigenvalue weighted by atomic mass is 16.3. The van der Waals surface area contributed by atoms with Gasteiger partial charge in [-0.15, -0.1) is 0 Å². The molecule has 2 rings (SSSR count). The smallest absolute Gasteiger partial charge is 0.209 e. The molecule has 5 nitrogen and oxygen atoms in total. The number of β-amino-alcohol motifs (C(OH)–C–C–N with tert-alkyl or cyclic N) is 1. The third kappa shape index (κ3) is 4.23. The van der Waals surface area contributed by atoms with Crippen molar-refractivity contribution in [1.29, 1.82) is 0 Å². The summed E-state index contributed by atoms with van der Waals surface area (Å²) in [5.74, 6) is 0. The van der Waals surface area contributed by atoms with Crippen molar-refractivity contribution in [2.24, 2.45) is 0 Å². The average molecular weight is 255 g/mol. The molecule has 1 amide bonds. The zero-order valence-corrected chi connectivity index (χ0v) is 11.1. The first-order chi connectivity index (χ1) is 8.78. The molecule has 2 fully saturated rings. The molecule has 104 valence electrons. The first-order valence-electron chi connectivity index (χ1n) is 7.10. The molecule has 0 aromatic rings. The van der Waals surface area contributed by atoms with Crippen LogP contribution in [0.5, 0.6) is 0 Å². The molecule has 2 saturated heterocycles. The summed E-state index contributed by atoms with van der Waals surface area (Å²) in [6, 6.07) is 0. The van der Waals surface area contributed by atoms with Crippen molar-refractivity contribution < 1.29 is 9.90 Å². The average Bonchev–Trinajstić information content (AvgIpc) is 2.40. The van der Waals surface area contributed by atoms with E-state index in [0.29, 0.717) is 0 Å². The molecule has 0 saturated carbocycles. The van der Waals surface area contributed by atoms with Crippen molar-refractivity contribution in [3.63, 3.8) is 0 Å². The quantitative estimate of drug-likeness (QED) is 0.680. The standard InChI is InChI=1S/C13H25N3O2/c17-12-16-8-6-15(7-9-16)11-13(18)10-14-4-2-1-3-5-14/h12-13,18H,1-11H2/t13-/m0/s1. The van der Waals surface area contributed by atoms with E-state index in [9.17, 15) is 9.90 Å². The summed E-state index contributed by atoms with van der Waals surface area (Å²) in [7, 11) is 0. The summed E-state index contributed by atoms with van der Waals surface area (Å²) >= 11 is 0. The zero-order chi connectivity index (χ0) is 12.8. The van der Waals surface area contributed by atoms with Gasteiger partial charge in [0, 0.05) is 39.3 Å². The molecule has 2 heterocycles. The fourth-order valence-electron chi connectivity index (χ4n) is 2.85. The van der Waals surface area contributed by atoms with Gasteiger partial charge in [0.25, 0.3) is 0 Å². The molecule has 0 aromatic carbocycles. The molecule has 1 atom stereocenters. The Kier molecular flexibility index (Phi) is 5.41. The monoisotopic (exact) mass is 255 g/mol. The molecule has 0 bridgehead atoms. The van der Waals surface area contributed by atoms with Crippen molar-refractivity contribution in [2.45, 2.75) is 25.4 Å². The number of rotatable bonds is 5. The van der Waals surface area contributed by atoms with Gasteiger partial charge in [0.05, 0.1) is 6.10 Å². The predicted octanol–water partition coefficient (Wildman–Crippen LogP) is -0.393. The van der Waals surface area contributed by atoms with Crippen LogP contribution in [0.4, 0.5) is 0 Å². The topological polar surface area (TPSA) is 47.0 Å². The Morgan fingerprint density at radius 1 is 0.889 bits per heavy atom. The lowest BCUT2D eigenvalue weighted by atomic mass is 10.1. The number of carbonyl (C=O) groups excluding carboxylic acids is 1. The van der Waals surface area contributed by atoms with E-state index in [0.717, 1.165) is 58.8 Å². The van der Waals surface area contributed by atoms with Crippen LogP contribution in [-0.4, -0.2) is 84.7 Å². The van der Waals surface area contributed by atoms with Crippen LogP contribution in [-0.2, 0) is 4.79 Å². The van der Waals surface area contributed by atoms with Crippen LogP contribution < -0.4 is 0 Å². The van der Waals surface area contributed by atoms with Crippen molar-refractivity contribution in [1.82, 2.24) is 14.7 Å². The summed E-state index contributed by atoms with van der Waals surface area (Å²) in [5, 5.41) is 10.1. The number of carbonyl (C=O) groups is 1. The molecule has 2 aliphatic rings. The first-order valence-corrected chi connectivity index (χ1v) is 7.10. The van der Waals surface area contributed by atoms with E-state index in [1.54, 1.807) is 4.90 Å². The highest BCUT2D eigenvalue weighted by Crippen LogP contribution is 2.09. The molecule has 0 spiro atoms. The molecular formula is C13H25N3O2. The second-order valence-electron chi connectivity index (χ2n) is 5.46. The molecule has 0 aromatic heterocycles. The fourth-order valence-corrected chi connectivity index (χ4v) is 2.85. The predicted molar refractivity (Wildman–Crippen MR) is 70.4 cm³/mol. The second-order valence-corrected chi connectivity index (χ2v) is 5.46. The second kappa shape index (κ2) is 7.07. The summed E-state index contributed by atoms with van der Waals surface area (Å²) in [6.45, 7) is 7.16. The van der Waals surface area contributed by atoms with Crippen LogP contribution in [0.15, 0.2) is 0 Å². The minimum absolute atomic E-state index is 0.258. The van der Waals surface area contributed by atoms with E-state index in [4.69, 9.17) is 0 Å². The van der Waals surface area contributed by atoms with Crippen molar-refractivity contribution >= 4 is 6.41 Å². The van der Waals surface area contributed by atoms with Crippen molar-refractivity contribution in [2.75, 3.05) is 52.4 Å². The van der Waals surface area contributed by atoms with Gasteiger partial charge in [-0.05, 0) is 25.9 Å². The fraction of sp³-hybridized carbons (Fsp3) is 0.923. The maximum Gasteiger partial charge on any atom is 0.209 e. The van der Waals surface area contributed by atoms with Gasteiger partial charge in [0.1, 0.15) is 0 Å². The van der Waals surface area contributed by atoms with Gasteiger partial charge in [0.15, 0.2) is 0 Å². The van der Waals surface area contributed by atoms with Crippen molar-refractivity contribution in [3.8, 4) is 0 Å². The number of piperidine rings is 1. The molecule has 0 radical (unpaired) electrons. The first kappa shape index (κ1) is 13.8. The van der Waals surface area contributed by atoms with E-state index in [1.807, 2.05) is 0 Å². The van der Waals surface area contributed by atoms with Gasteiger partial charge in [-0.25, -0.2) is 0 Å². The Morgan fingerprint density at radius 3 is 2.00 bits per heavy atom. The Labute approximate surface area is 109 Å². The SMILES string of the molecule is O=CN1CCN(C[C@@H](O)CN2CCCCC2)CC1. The highest BCUT2D eigenvalue weighted by molar-refractivity contribution is 5.47. The number of hydrogen-bond donors (Lipinski definition) is 1. The molecule has 0 unspecified atom stereocenters. The third-order valence-electron chi connectivity index (χ3n) is 3.94. The number of likely N-dealkylation sites (tertiary alicyclic amines) is 1. The van der Waals surface area contributed by atoms with Gasteiger partial charge in [0.2, 0.25) is 6.41 Å². The molecule has 18 heavy (non-hydrogen) atoms. The largest absolute Gasteiger partial charge is 0.390 e. The molecule has 2 aliphatic heterocycles. The van der Waals surface area contributed by atoms with Gasteiger partial charge >= 0.3 is 0 Å². The third-order valence-corrected chi connectivity index (χ3v) is 3.94. The Bertz CT molecular complexity index is 249. The van der Waals surface area contributed by atoms with Crippen LogP contribution in [0.2, 0.25) is 0 Å². The van der Waals surface area contributed by atoms with Gasteiger partial charge in [-0.1, -0.05) is 6.42 Å². The summed E-state index contributed by atoms with van der Waals surface area (Å²) in [6.07, 6.45) is 4.53. The number of aliphatic hydroxyl groups excluding tert-OH is 1. The minimum Gasteiger partial charge on any atom is -0.390 e. The zero-order valence-electron chi connectivity index (χ0n) is 11.1. The Balaban J connectivity index is 1.64. The lowest BCUT2D eigenvalue weighted by Gasteiger charge is -2.35. The summed E-state index contributed by atoms with van der Waals surface area (Å²) < 4.78 is 0. The number of hydrogen-bond acceptors (Lipinski definition) is 4. The van der Waals surface area contributed by atoms with E-state index in [2.05, 4.69) is 9.80 Å². The van der Waals surface area contributed by atoms with Gasteiger partial charge in [-0.3, -0.25) is 9.69 Å². The van der Waals surface area contributed by atoms with E-state index in [1.165, 1.54) is 19.3 Å². The van der Waals surface area contributed by atoms with Crippen LogP contribution >= 0.6 is 0 Å². The van der Waals surface area contributed by atoms with Crippen molar-refractivity contribution in [3.05, 3.63) is 0 Å². The highest BCUT2D eigenvalue weighted by Gasteiger charge is 2.20. The van der Waals surface area contributed by atoms with Crippen LogP contribution in [0.25, 0.3) is 0 Å². The number of nitrogens with zero attached hydrogens (tertiary/aromatic N) is 3. The molecular weight excluding hydrogens is 230 g/mol. The van der Waals surface area contributed by atoms with Crippen LogP contribution in [0.3, 0.4) is 0 Å². The normalized spacial score (nSPS) is 25.1. The maximum absolute atomic E-state index is 10.6. The summed E-state index contributed by atoms with van der Waals surface area (Å²) in [5.41, 5.74) is 0. The van der Waals surface area contributed by atoms with Gasteiger partial charge in [-0.2, -0.15) is 0 Å². The van der Waals surface area contributed by atoms with Crippen LogP contribution in [0, 0.1) is 0 Å². The minimum atomic E-state index is -0.258. The lowest BCUT2D eigenvalue weighted by Crippen LogP contribution is -2.49. The van der Waals surface area contributed by atoms with Gasteiger partial charge < -0.3 is 14.9 Å². The molecule has 1 N–H and O–H groups in total. The maximum atomic E-state index is 10.6. The number of aliphatic hydroxyl groups is 1.